The van der Waals surface area contributed by atoms with E-state index in [4.69, 9.17) is 5.73 Å². The SMILES string of the molecule is CCC(CC)(CN)NC(=O)C1CCCN(C(=O)C(C)(C)C)C1. The van der Waals surface area contributed by atoms with Gasteiger partial charge in [-0.25, -0.2) is 0 Å². The lowest BCUT2D eigenvalue weighted by atomic mass is 9.88. The van der Waals surface area contributed by atoms with Crippen molar-refractivity contribution < 1.29 is 9.59 Å². The zero-order valence-electron chi connectivity index (χ0n) is 14.9. The maximum absolute atomic E-state index is 12.6. The number of nitrogens with one attached hydrogen (secondary N) is 1. The van der Waals surface area contributed by atoms with Crippen molar-refractivity contribution in [2.75, 3.05) is 19.6 Å². The maximum Gasteiger partial charge on any atom is 0.227 e. The average molecular weight is 311 g/mol. The van der Waals surface area contributed by atoms with E-state index in [1.807, 2.05) is 39.5 Å². The Hall–Kier alpha value is -1.10. The minimum Gasteiger partial charge on any atom is -0.349 e. The molecule has 1 aliphatic heterocycles. The highest BCUT2D eigenvalue weighted by atomic mass is 16.2. The molecule has 1 aliphatic rings. The van der Waals surface area contributed by atoms with Crippen molar-refractivity contribution in [2.24, 2.45) is 17.1 Å². The van der Waals surface area contributed by atoms with Gasteiger partial charge in [-0.2, -0.15) is 0 Å². The Bertz CT molecular complexity index is 389. The van der Waals surface area contributed by atoms with Gasteiger partial charge in [-0.05, 0) is 25.7 Å². The van der Waals surface area contributed by atoms with Crippen LogP contribution in [0.25, 0.3) is 0 Å². The molecule has 0 bridgehead atoms. The maximum atomic E-state index is 12.6. The summed E-state index contributed by atoms with van der Waals surface area (Å²) in [5, 5.41) is 3.15. The van der Waals surface area contributed by atoms with Crippen LogP contribution in [-0.4, -0.2) is 41.9 Å². The number of amides is 2. The van der Waals surface area contributed by atoms with Crippen LogP contribution in [0.15, 0.2) is 0 Å². The molecule has 0 aromatic rings. The van der Waals surface area contributed by atoms with Gasteiger partial charge in [0.05, 0.1) is 11.5 Å². The Morgan fingerprint density at radius 2 is 1.82 bits per heavy atom. The van der Waals surface area contributed by atoms with Gasteiger partial charge in [-0.15, -0.1) is 0 Å². The highest BCUT2D eigenvalue weighted by molar-refractivity contribution is 5.84. The molecule has 1 rings (SSSR count). The van der Waals surface area contributed by atoms with Crippen LogP contribution >= 0.6 is 0 Å². The molecule has 1 fully saturated rings. The molecule has 22 heavy (non-hydrogen) atoms. The molecule has 5 heteroatoms. The van der Waals surface area contributed by atoms with Crippen molar-refractivity contribution in [3.05, 3.63) is 0 Å². The lowest BCUT2D eigenvalue weighted by Crippen LogP contribution is -2.56. The third-order valence-corrected chi connectivity index (χ3v) is 4.85. The third-order valence-electron chi connectivity index (χ3n) is 4.85. The number of hydrogen-bond donors (Lipinski definition) is 2. The lowest BCUT2D eigenvalue weighted by molar-refractivity contribution is -0.143. The van der Waals surface area contributed by atoms with Gasteiger partial charge in [0.25, 0.3) is 0 Å². The third kappa shape index (κ3) is 4.45. The van der Waals surface area contributed by atoms with E-state index in [1.54, 1.807) is 0 Å². The summed E-state index contributed by atoms with van der Waals surface area (Å²) in [6.45, 7) is 11.6. The molecule has 0 aromatic carbocycles. The fraction of sp³-hybridized carbons (Fsp3) is 0.882. The predicted molar refractivity (Wildman–Crippen MR) is 89.3 cm³/mol. The molecule has 0 aromatic heterocycles. The van der Waals surface area contributed by atoms with Crippen LogP contribution in [0.5, 0.6) is 0 Å². The summed E-state index contributed by atoms with van der Waals surface area (Å²) < 4.78 is 0. The molecule has 128 valence electrons. The van der Waals surface area contributed by atoms with Crippen LogP contribution < -0.4 is 11.1 Å². The van der Waals surface area contributed by atoms with E-state index < -0.39 is 5.41 Å². The van der Waals surface area contributed by atoms with E-state index in [2.05, 4.69) is 5.32 Å². The largest absolute Gasteiger partial charge is 0.349 e. The van der Waals surface area contributed by atoms with Crippen LogP contribution in [-0.2, 0) is 9.59 Å². The molecule has 0 spiro atoms. The van der Waals surface area contributed by atoms with Crippen molar-refractivity contribution in [1.82, 2.24) is 10.2 Å². The van der Waals surface area contributed by atoms with E-state index in [-0.39, 0.29) is 23.3 Å². The van der Waals surface area contributed by atoms with Gasteiger partial charge in [0.15, 0.2) is 0 Å². The summed E-state index contributed by atoms with van der Waals surface area (Å²) >= 11 is 0. The molecule has 1 saturated heterocycles. The Balaban J connectivity index is 2.73. The summed E-state index contributed by atoms with van der Waals surface area (Å²) in [7, 11) is 0. The highest BCUT2D eigenvalue weighted by Gasteiger charge is 2.35. The Morgan fingerprint density at radius 3 is 2.27 bits per heavy atom. The number of rotatable bonds is 5. The first kappa shape index (κ1) is 18.9. The average Bonchev–Trinajstić information content (AvgIpc) is 2.51. The molecule has 1 atom stereocenters. The first-order chi connectivity index (χ1) is 10.2. The second kappa shape index (κ2) is 7.44. The molecular weight excluding hydrogens is 278 g/mol. The number of nitrogens with two attached hydrogens (primary N) is 1. The number of piperidine rings is 1. The van der Waals surface area contributed by atoms with Gasteiger partial charge in [0, 0.05) is 25.0 Å². The summed E-state index contributed by atoms with van der Waals surface area (Å²) in [6, 6.07) is 0. The summed E-state index contributed by atoms with van der Waals surface area (Å²) in [5.41, 5.74) is 5.15. The molecule has 0 aliphatic carbocycles. The van der Waals surface area contributed by atoms with Gasteiger partial charge in [0.2, 0.25) is 11.8 Å². The van der Waals surface area contributed by atoms with Gasteiger partial charge in [-0.1, -0.05) is 34.6 Å². The van der Waals surface area contributed by atoms with Gasteiger partial charge in [-0.3, -0.25) is 9.59 Å². The second-order valence-corrected chi connectivity index (χ2v) is 7.52. The number of hydrogen-bond acceptors (Lipinski definition) is 3. The molecule has 3 N–H and O–H groups in total. The van der Waals surface area contributed by atoms with E-state index >= 15 is 0 Å². The van der Waals surface area contributed by atoms with Gasteiger partial charge in [0.1, 0.15) is 0 Å². The van der Waals surface area contributed by atoms with Crippen LogP contribution in [0.4, 0.5) is 0 Å². The summed E-state index contributed by atoms with van der Waals surface area (Å²) in [4.78, 5) is 26.9. The highest BCUT2D eigenvalue weighted by Crippen LogP contribution is 2.24. The van der Waals surface area contributed by atoms with Crippen molar-refractivity contribution in [1.29, 1.82) is 0 Å². The number of carbonyl (C=O) groups is 2. The van der Waals surface area contributed by atoms with Crippen LogP contribution in [0.3, 0.4) is 0 Å². The number of carbonyl (C=O) groups excluding carboxylic acids is 2. The second-order valence-electron chi connectivity index (χ2n) is 7.52. The first-order valence-corrected chi connectivity index (χ1v) is 8.50. The zero-order valence-corrected chi connectivity index (χ0v) is 14.9. The topological polar surface area (TPSA) is 75.4 Å². The van der Waals surface area contributed by atoms with E-state index in [0.717, 1.165) is 32.2 Å². The minimum atomic E-state index is -0.397. The molecule has 5 nitrogen and oxygen atoms in total. The molecule has 1 unspecified atom stereocenters. The monoisotopic (exact) mass is 311 g/mol. The predicted octanol–water partition coefficient (Wildman–Crippen LogP) is 1.90. The van der Waals surface area contributed by atoms with Crippen molar-refractivity contribution >= 4 is 11.8 Å². The van der Waals surface area contributed by atoms with Gasteiger partial charge >= 0.3 is 0 Å². The van der Waals surface area contributed by atoms with Crippen molar-refractivity contribution in [3.8, 4) is 0 Å². The summed E-state index contributed by atoms with van der Waals surface area (Å²) in [5.74, 6) is 0.0469. The first-order valence-electron chi connectivity index (χ1n) is 8.50. The normalized spacial score (nSPS) is 19.9. The lowest BCUT2D eigenvalue weighted by Gasteiger charge is -2.38. The van der Waals surface area contributed by atoms with Gasteiger partial charge < -0.3 is 16.0 Å². The van der Waals surface area contributed by atoms with E-state index in [9.17, 15) is 9.59 Å². The Kier molecular flexibility index (Phi) is 6.41. The minimum absolute atomic E-state index is 0.0422. The van der Waals surface area contributed by atoms with Crippen molar-refractivity contribution in [3.63, 3.8) is 0 Å². The fourth-order valence-electron chi connectivity index (χ4n) is 2.98. The molecule has 2 amide bonds. The quantitative estimate of drug-likeness (QED) is 0.814. The Morgan fingerprint density at radius 1 is 1.23 bits per heavy atom. The zero-order chi connectivity index (χ0) is 17.0. The molecule has 1 heterocycles. The van der Waals surface area contributed by atoms with Crippen molar-refractivity contribution in [2.45, 2.75) is 65.8 Å². The fourth-order valence-corrected chi connectivity index (χ4v) is 2.98. The Labute approximate surface area is 135 Å². The smallest absolute Gasteiger partial charge is 0.227 e. The van der Waals surface area contributed by atoms with E-state index in [0.29, 0.717) is 13.1 Å². The van der Waals surface area contributed by atoms with E-state index in [1.165, 1.54) is 0 Å². The molecular formula is C17H33N3O2. The van der Waals surface area contributed by atoms with Crippen LogP contribution in [0.1, 0.15) is 60.3 Å². The van der Waals surface area contributed by atoms with Crippen LogP contribution in [0.2, 0.25) is 0 Å². The number of likely N-dealkylation sites (tertiary alicyclic amines) is 1. The number of nitrogens with zero attached hydrogens (tertiary/aromatic N) is 1. The van der Waals surface area contributed by atoms with Crippen LogP contribution in [0, 0.1) is 11.3 Å². The molecule has 0 radical (unpaired) electrons. The summed E-state index contributed by atoms with van der Waals surface area (Å²) in [6.07, 6.45) is 3.37. The standard InChI is InChI=1S/C17H33N3O2/c1-6-17(7-2,12-18)19-14(21)13-9-8-10-20(11-13)15(22)16(3,4)5/h13H,6-12,18H2,1-5H3,(H,19,21). The molecule has 0 saturated carbocycles.